The van der Waals surface area contributed by atoms with Crippen LogP contribution in [0.3, 0.4) is 0 Å². The number of hydrogen-bond acceptors (Lipinski definition) is 4. The van der Waals surface area contributed by atoms with E-state index in [9.17, 15) is 8.42 Å². The maximum atomic E-state index is 11.4. The van der Waals surface area contributed by atoms with Crippen molar-refractivity contribution in [2.24, 2.45) is 5.92 Å². The van der Waals surface area contributed by atoms with E-state index < -0.39 is 9.05 Å². The van der Waals surface area contributed by atoms with Gasteiger partial charge in [0.15, 0.2) is 0 Å². The van der Waals surface area contributed by atoms with E-state index in [1.54, 1.807) is 6.07 Å². The van der Waals surface area contributed by atoms with E-state index in [1.165, 1.54) is 12.1 Å². The van der Waals surface area contributed by atoms with Gasteiger partial charge in [-0.1, -0.05) is 11.6 Å². The first-order valence-electron chi connectivity index (χ1n) is 5.41. The van der Waals surface area contributed by atoms with Crippen LogP contribution in [0.15, 0.2) is 23.1 Å². The van der Waals surface area contributed by atoms with Crippen molar-refractivity contribution in [3.8, 4) is 5.75 Å². The number of rotatable bonds is 4. The molecule has 1 fully saturated rings. The van der Waals surface area contributed by atoms with Gasteiger partial charge in [0.2, 0.25) is 0 Å². The summed E-state index contributed by atoms with van der Waals surface area (Å²) in [5.41, 5.74) is 0. The van der Waals surface area contributed by atoms with Crippen LogP contribution in [0, 0.1) is 5.92 Å². The zero-order valence-corrected chi connectivity index (χ0v) is 11.8. The van der Waals surface area contributed by atoms with Crippen molar-refractivity contribution in [3.05, 3.63) is 23.2 Å². The van der Waals surface area contributed by atoms with Crippen LogP contribution in [-0.4, -0.2) is 28.2 Å². The van der Waals surface area contributed by atoms with E-state index in [-0.39, 0.29) is 16.6 Å². The molecule has 1 aromatic carbocycles. The molecule has 7 heteroatoms. The maximum absolute atomic E-state index is 11.4. The normalized spacial score (nSPS) is 20.0. The van der Waals surface area contributed by atoms with Gasteiger partial charge in [0.05, 0.1) is 13.2 Å². The Kier molecular flexibility index (Phi) is 4.37. The van der Waals surface area contributed by atoms with Crippen molar-refractivity contribution in [1.82, 2.24) is 0 Å². The molecule has 0 radical (unpaired) electrons. The SMILES string of the molecule is O=S(=O)(Cl)c1cc(Cl)ccc1OC[C@@H]1CCOC1. The summed E-state index contributed by atoms with van der Waals surface area (Å²) in [5, 5.41) is 0.297. The molecule has 0 spiro atoms. The average molecular weight is 311 g/mol. The van der Waals surface area contributed by atoms with Gasteiger partial charge in [-0.3, -0.25) is 0 Å². The molecule has 0 aromatic heterocycles. The van der Waals surface area contributed by atoms with E-state index in [0.717, 1.165) is 13.0 Å². The quantitative estimate of drug-likeness (QED) is 0.802. The van der Waals surface area contributed by atoms with Gasteiger partial charge in [-0.15, -0.1) is 0 Å². The zero-order chi connectivity index (χ0) is 13.2. The average Bonchev–Trinajstić information content (AvgIpc) is 2.79. The largest absolute Gasteiger partial charge is 0.492 e. The van der Waals surface area contributed by atoms with Gasteiger partial charge in [-0.05, 0) is 24.6 Å². The van der Waals surface area contributed by atoms with Crippen LogP contribution < -0.4 is 4.74 Å². The lowest BCUT2D eigenvalue weighted by molar-refractivity contribution is 0.166. The fourth-order valence-corrected chi connectivity index (χ4v) is 2.95. The molecule has 1 aliphatic heterocycles. The summed E-state index contributed by atoms with van der Waals surface area (Å²) in [6, 6.07) is 4.35. The lowest BCUT2D eigenvalue weighted by Gasteiger charge is -2.12. The summed E-state index contributed by atoms with van der Waals surface area (Å²) >= 11 is 5.75. The highest BCUT2D eigenvalue weighted by Crippen LogP contribution is 2.30. The molecular weight excluding hydrogens is 299 g/mol. The monoisotopic (exact) mass is 310 g/mol. The minimum atomic E-state index is -3.87. The fourth-order valence-electron chi connectivity index (χ4n) is 1.71. The van der Waals surface area contributed by atoms with E-state index in [2.05, 4.69) is 0 Å². The van der Waals surface area contributed by atoms with Crippen molar-refractivity contribution in [2.75, 3.05) is 19.8 Å². The van der Waals surface area contributed by atoms with E-state index >= 15 is 0 Å². The number of halogens is 2. The van der Waals surface area contributed by atoms with Crippen LogP contribution in [0.2, 0.25) is 5.02 Å². The first-order valence-corrected chi connectivity index (χ1v) is 8.10. The molecule has 2 rings (SSSR count). The third-order valence-corrected chi connectivity index (χ3v) is 4.25. The smallest absolute Gasteiger partial charge is 0.265 e. The molecule has 1 saturated heterocycles. The molecule has 1 atom stereocenters. The van der Waals surface area contributed by atoms with Crippen molar-refractivity contribution in [3.63, 3.8) is 0 Å². The highest BCUT2D eigenvalue weighted by atomic mass is 35.7. The van der Waals surface area contributed by atoms with E-state index in [1.807, 2.05) is 0 Å². The predicted octanol–water partition coefficient (Wildman–Crippen LogP) is 2.68. The number of ether oxygens (including phenoxy) is 2. The molecule has 0 aliphatic carbocycles. The van der Waals surface area contributed by atoms with E-state index in [4.69, 9.17) is 31.8 Å². The Bertz CT molecular complexity index is 524. The summed E-state index contributed by atoms with van der Waals surface area (Å²) in [7, 11) is 1.47. The maximum Gasteiger partial charge on any atom is 0.265 e. The molecule has 1 aromatic rings. The van der Waals surface area contributed by atoms with Gasteiger partial charge in [-0.2, -0.15) is 0 Å². The minimum absolute atomic E-state index is 0.101. The Labute approximate surface area is 115 Å². The third kappa shape index (κ3) is 3.51. The van der Waals surface area contributed by atoms with Crippen molar-refractivity contribution >= 4 is 31.3 Å². The van der Waals surface area contributed by atoms with Crippen molar-refractivity contribution in [1.29, 1.82) is 0 Å². The van der Waals surface area contributed by atoms with Gasteiger partial charge in [0.1, 0.15) is 10.6 Å². The van der Waals surface area contributed by atoms with Crippen molar-refractivity contribution in [2.45, 2.75) is 11.3 Å². The second-order valence-corrected chi connectivity index (χ2v) is 7.04. The summed E-state index contributed by atoms with van der Waals surface area (Å²) < 4.78 is 33.5. The highest BCUT2D eigenvalue weighted by molar-refractivity contribution is 8.13. The van der Waals surface area contributed by atoms with Crippen LogP contribution >= 0.6 is 22.3 Å². The summed E-state index contributed by atoms with van der Waals surface area (Å²) in [6.45, 7) is 1.76. The summed E-state index contributed by atoms with van der Waals surface area (Å²) in [4.78, 5) is -0.101. The Morgan fingerprint density at radius 3 is 2.83 bits per heavy atom. The predicted molar refractivity (Wildman–Crippen MR) is 68.9 cm³/mol. The topological polar surface area (TPSA) is 52.6 Å². The molecular formula is C11H12Cl2O4S. The molecule has 1 aliphatic rings. The molecule has 0 unspecified atom stereocenters. The first kappa shape index (κ1) is 13.9. The lowest BCUT2D eigenvalue weighted by Crippen LogP contribution is -2.12. The minimum Gasteiger partial charge on any atom is -0.492 e. The van der Waals surface area contributed by atoms with Crippen LogP contribution in [-0.2, 0) is 13.8 Å². The lowest BCUT2D eigenvalue weighted by atomic mass is 10.1. The Morgan fingerprint density at radius 2 is 2.22 bits per heavy atom. The Hall–Kier alpha value is -0.490. The second-order valence-electron chi connectivity index (χ2n) is 4.07. The molecule has 0 amide bonds. The molecule has 0 saturated carbocycles. The Morgan fingerprint density at radius 1 is 1.44 bits per heavy atom. The summed E-state index contributed by atoms with van der Waals surface area (Å²) in [6.07, 6.45) is 0.913. The van der Waals surface area contributed by atoms with Crippen LogP contribution in [0.1, 0.15) is 6.42 Å². The van der Waals surface area contributed by atoms with Gasteiger partial charge >= 0.3 is 0 Å². The molecule has 18 heavy (non-hydrogen) atoms. The van der Waals surface area contributed by atoms with Crippen LogP contribution in [0.25, 0.3) is 0 Å². The first-order chi connectivity index (χ1) is 8.47. The van der Waals surface area contributed by atoms with E-state index in [0.29, 0.717) is 18.2 Å². The standard InChI is InChI=1S/C11H12Cl2O4S/c12-9-1-2-10(11(5-9)18(13,14)15)17-7-8-3-4-16-6-8/h1-2,5,8H,3-4,6-7H2/t8-/m1/s1. The number of benzene rings is 1. The van der Waals surface area contributed by atoms with Gasteiger partial charge in [-0.25, -0.2) is 8.42 Å². The third-order valence-electron chi connectivity index (χ3n) is 2.67. The fraction of sp³-hybridized carbons (Fsp3) is 0.455. The Balaban J connectivity index is 2.16. The molecule has 0 N–H and O–H groups in total. The van der Waals surface area contributed by atoms with Crippen LogP contribution in [0.4, 0.5) is 0 Å². The number of hydrogen-bond donors (Lipinski definition) is 0. The summed E-state index contributed by atoms with van der Waals surface area (Å²) in [5.74, 6) is 0.507. The molecule has 4 nitrogen and oxygen atoms in total. The molecule has 0 bridgehead atoms. The second kappa shape index (κ2) is 5.65. The molecule has 1 heterocycles. The molecule has 100 valence electrons. The van der Waals surface area contributed by atoms with Crippen LogP contribution in [0.5, 0.6) is 5.75 Å². The van der Waals surface area contributed by atoms with Gasteiger partial charge in [0, 0.05) is 28.2 Å². The zero-order valence-electron chi connectivity index (χ0n) is 9.43. The van der Waals surface area contributed by atoms with Crippen molar-refractivity contribution < 1.29 is 17.9 Å². The van der Waals surface area contributed by atoms with Gasteiger partial charge < -0.3 is 9.47 Å². The van der Waals surface area contributed by atoms with Gasteiger partial charge in [0.25, 0.3) is 9.05 Å². The highest BCUT2D eigenvalue weighted by Gasteiger charge is 2.20.